The van der Waals surface area contributed by atoms with Gasteiger partial charge in [0.25, 0.3) is 0 Å². The molecule has 7 nitrogen and oxygen atoms in total. The lowest BCUT2D eigenvalue weighted by atomic mass is 9.95. The molecule has 0 bridgehead atoms. The van der Waals surface area contributed by atoms with Gasteiger partial charge in [0.15, 0.2) is 17.5 Å². The highest BCUT2D eigenvalue weighted by Gasteiger charge is 2.46. The fourth-order valence-corrected chi connectivity index (χ4v) is 5.47. The summed E-state index contributed by atoms with van der Waals surface area (Å²) < 4.78 is 17.3. The molecule has 2 aromatic rings. The van der Waals surface area contributed by atoms with E-state index in [9.17, 15) is 0 Å². The Bertz CT molecular complexity index is 1020. The molecule has 2 aromatic carbocycles. The lowest BCUT2D eigenvalue weighted by Crippen LogP contribution is -2.50. The van der Waals surface area contributed by atoms with E-state index in [0.717, 1.165) is 56.8 Å². The SMILES string of the molecule is CN=C(NCC1(c2ccc3c(c2)OCO3)CC1)N1CC2OCCN(Cc3ccccc3)C2C1. The first-order valence-corrected chi connectivity index (χ1v) is 12.0. The van der Waals surface area contributed by atoms with E-state index in [0.29, 0.717) is 12.8 Å². The predicted molar refractivity (Wildman–Crippen MR) is 127 cm³/mol. The fraction of sp³-hybridized carbons (Fsp3) is 0.500. The number of nitrogens with zero attached hydrogens (tertiary/aromatic N) is 3. The topological polar surface area (TPSA) is 58.6 Å². The van der Waals surface area contributed by atoms with Gasteiger partial charge < -0.3 is 24.4 Å². The number of guanidine groups is 1. The number of rotatable bonds is 5. The van der Waals surface area contributed by atoms with Crippen molar-refractivity contribution in [3.05, 3.63) is 59.7 Å². The summed E-state index contributed by atoms with van der Waals surface area (Å²) in [5, 5.41) is 3.68. The van der Waals surface area contributed by atoms with Crippen LogP contribution in [0.25, 0.3) is 0 Å². The van der Waals surface area contributed by atoms with Crippen LogP contribution in [0.15, 0.2) is 53.5 Å². The van der Waals surface area contributed by atoms with Gasteiger partial charge in [-0.25, -0.2) is 0 Å². The van der Waals surface area contributed by atoms with Gasteiger partial charge in [-0.05, 0) is 36.1 Å². The Labute approximate surface area is 195 Å². The van der Waals surface area contributed by atoms with Crippen LogP contribution in [0.1, 0.15) is 24.0 Å². The largest absolute Gasteiger partial charge is 0.454 e. The van der Waals surface area contributed by atoms with Crippen molar-refractivity contribution in [2.75, 3.05) is 46.6 Å². The van der Waals surface area contributed by atoms with Crippen LogP contribution in [-0.2, 0) is 16.7 Å². The zero-order chi connectivity index (χ0) is 22.3. The van der Waals surface area contributed by atoms with Gasteiger partial charge in [-0.3, -0.25) is 9.89 Å². The van der Waals surface area contributed by atoms with Crippen molar-refractivity contribution < 1.29 is 14.2 Å². The third-order valence-electron chi connectivity index (χ3n) is 7.58. The molecule has 3 fully saturated rings. The number of aliphatic imine (C=N–C) groups is 1. The van der Waals surface area contributed by atoms with E-state index in [1.54, 1.807) is 0 Å². The maximum atomic E-state index is 6.17. The van der Waals surface area contributed by atoms with Crippen LogP contribution in [-0.4, -0.2) is 74.5 Å². The monoisotopic (exact) mass is 448 g/mol. The van der Waals surface area contributed by atoms with Crippen LogP contribution < -0.4 is 14.8 Å². The van der Waals surface area contributed by atoms with Crippen molar-refractivity contribution in [1.29, 1.82) is 0 Å². The average Bonchev–Trinajstić information content (AvgIpc) is 3.27. The van der Waals surface area contributed by atoms with Crippen LogP contribution in [0.2, 0.25) is 0 Å². The molecule has 1 saturated carbocycles. The highest BCUT2D eigenvalue weighted by atomic mass is 16.7. The van der Waals surface area contributed by atoms with Crippen molar-refractivity contribution in [1.82, 2.24) is 15.1 Å². The smallest absolute Gasteiger partial charge is 0.231 e. The molecule has 3 aliphatic heterocycles. The van der Waals surface area contributed by atoms with Crippen molar-refractivity contribution in [2.24, 2.45) is 4.99 Å². The minimum absolute atomic E-state index is 0.152. The quantitative estimate of drug-likeness (QED) is 0.561. The molecule has 2 unspecified atom stereocenters. The van der Waals surface area contributed by atoms with E-state index in [2.05, 4.69) is 62.6 Å². The maximum Gasteiger partial charge on any atom is 0.231 e. The molecule has 4 aliphatic rings. The molecular formula is C26H32N4O3. The van der Waals surface area contributed by atoms with Crippen LogP contribution in [0.4, 0.5) is 0 Å². The summed E-state index contributed by atoms with van der Waals surface area (Å²) in [7, 11) is 1.88. The Morgan fingerprint density at radius 1 is 1.09 bits per heavy atom. The van der Waals surface area contributed by atoms with Gasteiger partial charge in [0.1, 0.15) is 0 Å². The molecule has 33 heavy (non-hydrogen) atoms. The van der Waals surface area contributed by atoms with Crippen molar-refractivity contribution in [3.8, 4) is 11.5 Å². The first-order chi connectivity index (χ1) is 16.2. The Morgan fingerprint density at radius 3 is 2.76 bits per heavy atom. The van der Waals surface area contributed by atoms with Crippen LogP contribution in [0.5, 0.6) is 11.5 Å². The zero-order valence-corrected chi connectivity index (χ0v) is 19.2. The summed E-state index contributed by atoms with van der Waals surface area (Å²) in [6.45, 7) is 5.75. The molecule has 174 valence electrons. The number of hydrogen-bond donors (Lipinski definition) is 1. The second kappa shape index (κ2) is 8.54. The summed E-state index contributed by atoms with van der Waals surface area (Å²) >= 11 is 0. The fourth-order valence-electron chi connectivity index (χ4n) is 5.47. The van der Waals surface area contributed by atoms with E-state index in [4.69, 9.17) is 14.2 Å². The number of fused-ring (bicyclic) bond motifs is 2. The molecular weight excluding hydrogens is 416 g/mol. The minimum atomic E-state index is 0.152. The first-order valence-electron chi connectivity index (χ1n) is 12.0. The molecule has 7 heteroatoms. The van der Waals surface area contributed by atoms with Gasteiger partial charge in [-0.15, -0.1) is 0 Å². The zero-order valence-electron chi connectivity index (χ0n) is 19.2. The number of nitrogens with one attached hydrogen (secondary N) is 1. The van der Waals surface area contributed by atoms with Crippen molar-refractivity contribution in [3.63, 3.8) is 0 Å². The minimum Gasteiger partial charge on any atom is -0.454 e. The molecule has 0 spiro atoms. The van der Waals surface area contributed by atoms with Crippen LogP contribution in [0.3, 0.4) is 0 Å². The normalized spacial score (nSPS) is 25.7. The highest BCUT2D eigenvalue weighted by Crippen LogP contribution is 2.50. The second-order valence-electron chi connectivity index (χ2n) is 9.59. The van der Waals surface area contributed by atoms with Crippen LogP contribution in [0, 0.1) is 0 Å². The average molecular weight is 449 g/mol. The number of morpholine rings is 1. The van der Waals surface area contributed by atoms with Gasteiger partial charge in [0.2, 0.25) is 6.79 Å². The highest BCUT2D eigenvalue weighted by molar-refractivity contribution is 5.80. The van der Waals surface area contributed by atoms with E-state index in [1.807, 2.05) is 13.1 Å². The van der Waals surface area contributed by atoms with Crippen molar-refractivity contribution >= 4 is 5.96 Å². The Balaban J connectivity index is 1.11. The summed E-state index contributed by atoms with van der Waals surface area (Å²) in [6.07, 6.45) is 2.58. The van der Waals surface area contributed by atoms with Crippen molar-refractivity contribution in [2.45, 2.75) is 36.9 Å². The van der Waals surface area contributed by atoms with Gasteiger partial charge in [0.05, 0.1) is 18.8 Å². The summed E-state index contributed by atoms with van der Waals surface area (Å²) in [4.78, 5) is 9.58. The van der Waals surface area contributed by atoms with Gasteiger partial charge in [-0.1, -0.05) is 36.4 Å². The Kier molecular flexibility index (Phi) is 5.38. The third kappa shape index (κ3) is 4.04. The predicted octanol–water partition coefficient (Wildman–Crippen LogP) is 2.61. The molecule has 2 atom stereocenters. The number of hydrogen-bond acceptors (Lipinski definition) is 5. The van der Waals surface area contributed by atoms with E-state index >= 15 is 0 Å². The van der Waals surface area contributed by atoms with Gasteiger partial charge in [0, 0.05) is 45.2 Å². The van der Waals surface area contributed by atoms with Gasteiger partial charge >= 0.3 is 0 Å². The molecule has 3 heterocycles. The third-order valence-corrected chi connectivity index (χ3v) is 7.58. The summed E-state index contributed by atoms with van der Waals surface area (Å²) in [6, 6.07) is 17.5. The lowest BCUT2D eigenvalue weighted by Gasteiger charge is -2.36. The summed E-state index contributed by atoms with van der Waals surface area (Å²) in [5.41, 5.74) is 2.83. The molecule has 1 N–H and O–H groups in total. The maximum absolute atomic E-state index is 6.17. The van der Waals surface area contributed by atoms with E-state index in [1.165, 1.54) is 24.0 Å². The van der Waals surface area contributed by atoms with Crippen LogP contribution >= 0.6 is 0 Å². The molecule has 2 saturated heterocycles. The van der Waals surface area contributed by atoms with Gasteiger partial charge in [-0.2, -0.15) is 0 Å². The molecule has 1 aliphatic carbocycles. The first kappa shape index (κ1) is 20.8. The molecule has 0 amide bonds. The number of ether oxygens (including phenoxy) is 3. The second-order valence-corrected chi connectivity index (χ2v) is 9.59. The molecule has 6 rings (SSSR count). The lowest BCUT2D eigenvalue weighted by molar-refractivity contribution is -0.0502. The van der Waals surface area contributed by atoms with E-state index in [-0.39, 0.29) is 11.5 Å². The summed E-state index contributed by atoms with van der Waals surface area (Å²) in [5.74, 6) is 2.68. The molecule has 0 aromatic heterocycles. The standard InChI is InChI=1S/C26H32N4O3/c1-27-25(28-17-26(9-10-26)20-7-8-22-23(13-20)33-18-32-22)30-15-21-24(16-30)31-12-11-29(21)14-19-5-3-2-4-6-19/h2-8,13,21,24H,9-12,14-18H2,1H3,(H,27,28). The Hall–Kier alpha value is -2.77. The Morgan fingerprint density at radius 2 is 1.94 bits per heavy atom. The van der Waals surface area contributed by atoms with E-state index < -0.39 is 0 Å². The molecule has 0 radical (unpaired) electrons. The number of benzene rings is 2. The number of likely N-dealkylation sites (tertiary alicyclic amines) is 1.